The number of carboxylic acids is 1. The van der Waals surface area contributed by atoms with Gasteiger partial charge in [-0.05, 0) is 88.3 Å². The van der Waals surface area contributed by atoms with Crippen LogP contribution in [0.4, 0.5) is 0 Å². The number of carboxylic acid groups (broad SMARTS) is 1. The number of aliphatic carboxylic acids is 1. The molecule has 3 unspecified atom stereocenters. The normalized spacial score (nSPS) is 27.9. The Balaban J connectivity index is 1.36. The molecule has 0 radical (unpaired) electrons. The molecule has 2 aromatic rings. The second-order valence-corrected chi connectivity index (χ2v) is 10.3. The highest BCUT2D eigenvalue weighted by Gasteiger charge is 2.45. The zero-order valence-electron chi connectivity index (χ0n) is 20.2. The van der Waals surface area contributed by atoms with E-state index >= 15 is 0 Å². The van der Waals surface area contributed by atoms with Crippen LogP contribution in [0.2, 0.25) is 0 Å². The van der Waals surface area contributed by atoms with Crippen molar-refractivity contribution in [2.45, 2.75) is 89.4 Å². The van der Waals surface area contributed by atoms with Crippen LogP contribution in [0.3, 0.4) is 0 Å². The molecule has 0 aromatic heterocycles. The van der Waals surface area contributed by atoms with Crippen LogP contribution in [0.15, 0.2) is 42.0 Å². The maximum atomic E-state index is 11.6. The minimum atomic E-state index is -0.646. The molecule has 178 valence electrons. The SMILES string of the molecule is CC=C1CCC(Oc2ccc3cc(C(C)N4C5CCC4CC(C(=O)O)C5)ccc3c2C#N)CC1. The fourth-order valence-corrected chi connectivity index (χ4v) is 6.57. The Morgan fingerprint density at radius 1 is 1.15 bits per heavy atom. The molecular formula is C29H34N2O3. The summed E-state index contributed by atoms with van der Waals surface area (Å²) in [7, 11) is 0. The fraction of sp³-hybridized carbons (Fsp3) is 0.517. The van der Waals surface area contributed by atoms with Gasteiger partial charge < -0.3 is 9.84 Å². The van der Waals surface area contributed by atoms with E-state index in [1.807, 2.05) is 6.07 Å². The van der Waals surface area contributed by atoms with E-state index in [4.69, 9.17) is 4.74 Å². The average molecular weight is 459 g/mol. The van der Waals surface area contributed by atoms with Crippen molar-refractivity contribution in [3.8, 4) is 11.8 Å². The Bertz CT molecular complexity index is 1140. The third kappa shape index (κ3) is 4.20. The van der Waals surface area contributed by atoms with Crippen molar-refractivity contribution in [3.63, 3.8) is 0 Å². The summed E-state index contributed by atoms with van der Waals surface area (Å²) in [6.45, 7) is 4.34. The van der Waals surface area contributed by atoms with Gasteiger partial charge in [0.05, 0.1) is 12.0 Å². The predicted octanol–water partition coefficient (Wildman–Crippen LogP) is 6.37. The molecule has 2 heterocycles. The Morgan fingerprint density at radius 3 is 2.47 bits per heavy atom. The van der Waals surface area contributed by atoms with E-state index in [2.05, 4.69) is 55.2 Å². The lowest BCUT2D eigenvalue weighted by Crippen LogP contribution is -2.45. The quantitative estimate of drug-likeness (QED) is 0.527. The molecule has 2 saturated heterocycles. The number of fused-ring (bicyclic) bond motifs is 3. The topological polar surface area (TPSA) is 73.6 Å². The van der Waals surface area contributed by atoms with Crippen LogP contribution in [0.25, 0.3) is 10.8 Å². The summed E-state index contributed by atoms with van der Waals surface area (Å²) in [6, 6.07) is 13.7. The minimum absolute atomic E-state index is 0.164. The maximum absolute atomic E-state index is 11.6. The lowest BCUT2D eigenvalue weighted by Gasteiger charge is -2.41. The van der Waals surface area contributed by atoms with Gasteiger partial charge in [0.2, 0.25) is 0 Å². The summed E-state index contributed by atoms with van der Waals surface area (Å²) in [5.41, 5.74) is 3.35. The molecule has 0 spiro atoms. The number of nitrogens with zero attached hydrogens (tertiary/aromatic N) is 2. The molecule has 0 amide bonds. The number of allylic oxidation sites excluding steroid dienone is 2. The number of hydrogen-bond acceptors (Lipinski definition) is 4. The van der Waals surface area contributed by atoms with Gasteiger partial charge in [-0.25, -0.2) is 0 Å². The van der Waals surface area contributed by atoms with Gasteiger partial charge in [-0.1, -0.05) is 29.8 Å². The first-order valence-electron chi connectivity index (χ1n) is 12.8. The molecule has 1 N–H and O–H groups in total. The lowest BCUT2D eigenvalue weighted by molar-refractivity contribution is -0.144. The number of carbonyl (C=O) groups is 1. The molecule has 3 atom stereocenters. The van der Waals surface area contributed by atoms with E-state index in [1.165, 1.54) is 11.1 Å². The Labute approximate surface area is 202 Å². The van der Waals surface area contributed by atoms with Crippen molar-refractivity contribution in [2.24, 2.45) is 5.92 Å². The highest BCUT2D eigenvalue weighted by atomic mass is 16.5. The second-order valence-electron chi connectivity index (χ2n) is 10.3. The van der Waals surface area contributed by atoms with Crippen molar-refractivity contribution in [1.82, 2.24) is 4.90 Å². The average Bonchev–Trinajstić information content (AvgIpc) is 3.12. The molecule has 1 aliphatic carbocycles. The van der Waals surface area contributed by atoms with Gasteiger partial charge in [-0.2, -0.15) is 5.26 Å². The standard InChI is InChI=1S/C29H34N2O3/c1-3-19-4-10-25(11-5-19)34-28-13-7-21-14-20(6-12-26(21)27(28)17-30)18(2)31-23-8-9-24(31)16-22(15-23)29(32)33/h3,6-7,12-14,18,22-25H,4-5,8-11,15-16H2,1-2H3,(H,32,33). The van der Waals surface area contributed by atoms with Gasteiger partial charge in [0.1, 0.15) is 17.4 Å². The molecule has 5 rings (SSSR count). The van der Waals surface area contributed by atoms with Crippen LogP contribution < -0.4 is 4.74 Å². The summed E-state index contributed by atoms with van der Waals surface area (Å²) in [5.74, 6) is -0.158. The van der Waals surface area contributed by atoms with Crippen LogP contribution in [-0.4, -0.2) is 34.2 Å². The summed E-state index contributed by atoms with van der Waals surface area (Å²) >= 11 is 0. The summed E-state index contributed by atoms with van der Waals surface area (Å²) in [4.78, 5) is 14.1. The van der Waals surface area contributed by atoms with E-state index in [0.29, 0.717) is 23.4 Å². The Hall–Kier alpha value is -2.84. The lowest BCUT2D eigenvalue weighted by atomic mass is 9.88. The van der Waals surface area contributed by atoms with Gasteiger partial charge in [0, 0.05) is 23.5 Å². The first-order chi connectivity index (χ1) is 16.5. The predicted molar refractivity (Wildman–Crippen MR) is 133 cm³/mol. The molecule has 2 bridgehead atoms. The van der Waals surface area contributed by atoms with Crippen molar-refractivity contribution in [1.29, 1.82) is 5.26 Å². The minimum Gasteiger partial charge on any atom is -0.489 e. The van der Waals surface area contributed by atoms with Crippen LogP contribution in [0, 0.1) is 17.2 Å². The van der Waals surface area contributed by atoms with Gasteiger partial charge in [0.15, 0.2) is 0 Å². The number of nitriles is 1. The molecular weight excluding hydrogens is 424 g/mol. The Morgan fingerprint density at radius 2 is 1.85 bits per heavy atom. The first kappa shape index (κ1) is 22.9. The monoisotopic (exact) mass is 458 g/mol. The molecule has 2 aliphatic heterocycles. The molecule has 2 aromatic carbocycles. The molecule has 5 heteroatoms. The van der Waals surface area contributed by atoms with Crippen molar-refractivity contribution >= 4 is 16.7 Å². The third-order valence-corrected chi connectivity index (χ3v) is 8.46. The highest BCUT2D eigenvalue weighted by Crippen LogP contribution is 2.44. The van der Waals surface area contributed by atoms with Gasteiger partial charge in [-0.15, -0.1) is 0 Å². The third-order valence-electron chi connectivity index (χ3n) is 8.46. The van der Waals surface area contributed by atoms with E-state index in [1.54, 1.807) is 0 Å². The van der Waals surface area contributed by atoms with E-state index < -0.39 is 5.97 Å². The first-order valence-corrected chi connectivity index (χ1v) is 12.8. The van der Waals surface area contributed by atoms with Crippen molar-refractivity contribution in [2.75, 3.05) is 0 Å². The molecule has 5 nitrogen and oxygen atoms in total. The zero-order valence-corrected chi connectivity index (χ0v) is 20.2. The number of piperidine rings is 1. The second kappa shape index (κ2) is 9.43. The Kier molecular flexibility index (Phi) is 6.36. The van der Waals surface area contributed by atoms with Gasteiger partial charge in [-0.3, -0.25) is 9.69 Å². The zero-order chi connectivity index (χ0) is 23.8. The van der Waals surface area contributed by atoms with Crippen LogP contribution in [0.1, 0.15) is 82.4 Å². The molecule has 3 aliphatic rings. The number of rotatable bonds is 5. The molecule has 34 heavy (non-hydrogen) atoms. The number of hydrogen-bond donors (Lipinski definition) is 1. The maximum Gasteiger partial charge on any atom is 0.306 e. The van der Waals surface area contributed by atoms with Crippen LogP contribution in [-0.2, 0) is 4.79 Å². The van der Waals surface area contributed by atoms with E-state index in [0.717, 1.165) is 62.1 Å². The van der Waals surface area contributed by atoms with Gasteiger partial charge >= 0.3 is 5.97 Å². The number of ether oxygens (including phenoxy) is 1. The molecule has 1 saturated carbocycles. The summed E-state index contributed by atoms with van der Waals surface area (Å²) in [6.07, 6.45) is 10.2. The van der Waals surface area contributed by atoms with Gasteiger partial charge in [0.25, 0.3) is 0 Å². The summed E-state index contributed by atoms with van der Waals surface area (Å²) < 4.78 is 6.31. The highest BCUT2D eigenvalue weighted by molar-refractivity contribution is 5.90. The smallest absolute Gasteiger partial charge is 0.306 e. The van der Waals surface area contributed by atoms with E-state index in [-0.39, 0.29) is 18.1 Å². The largest absolute Gasteiger partial charge is 0.489 e. The summed E-state index contributed by atoms with van der Waals surface area (Å²) in [5, 5.41) is 21.5. The van der Waals surface area contributed by atoms with E-state index in [9.17, 15) is 15.2 Å². The van der Waals surface area contributed by atoms with Crippen molar-refractivity contribution in [3.05, 3.63) is 53.1 Å². The fourth-order valence-electron chi connectivity index (χ4n) is 6.57. The van der Waals surface area contributed by atoms with Crippen LogP contribution >= 0.6 is 0 Å². The van der Waals surface area contributed by atoms with Crippen molar-refractivity contribution < 1.29 is 14.6 Å². The molecule has 3 fully saturated rings. The van der Waals surface area contributed by atoms with Crippen LogP contribution in [0.5, 0.6) is 5.75 Å². The number of benzene rings is 2.